The van der Waals surface area contributed by atoms with Crippen molar-refractivity contribution in [3.05, 3.63) is 54.3 Å². The van der Waals surface area contributed by atoms with Crippen LogP contribution in [0, 0.1) is 5.82 Å². The second-order valence-electron chi connectivity index (χ2n) is 4.90. The first-order valence-corrected chi connectivity index (χ1v) is 8.44. The summed E-state index contributed by atoms with van der Waals surface area (Å²) in [5, 5.41) is 2.30. The molecule has 140 valence electrons. The van der Waals surface area contributed by atoms with Crippen LogP contribution in [0.4, 0.5) is 23.2 Å². The fourth-order valence-corrected chi connectivity index (χ4v) is 2.78. The van der Waals surface area contributed by atoms with E-state index >= 15 is 0 Å². The Kier molecular flexibility index (Phi) is 5.83. The molecular weight excluding hydrogens is 380 g/mol. The average Bonchev–Trinajstić information content (AvgIpc) is 2.54. The maximum Gasteiger partial charge on any atom is 0.573 e. The number of nitrogens with one attached hydrogen (secondary N) is 2. The molecule has 26 heavy (non-hydrogen) atoms. The van der Waals surface area contributed by atoms with Gasteiger partial charge in [-0.25, -0.2) is 17.5 Å². The molecule has 0 unspecified atom stereocenters. The van der Waals surface area contributed by atoms with Crippen LogP contribution in [0.3, 0.4) is 0 Å². The van der Waals surface area contributed by atoms with Crippen LogP contribution < -0.4 is 14.8 Å². The Bertz CT molecular complexity index is 866. The lowest BCUT2D eigenvalue weighted by Crippen LogP contribution is -2.32. The van der Waals surface area contributed by atoms with Crippen molar-refractivity contribution < 1.29 is 35.5 Å². The highest BCUT2D eigenvalue weighted by Crippen LogP contribution is 2.23. The van der Waals surface area contributed by atoms with E-state index in [4.69, 9.17) is 0 Å². The highest BCUT2D eigenvalue weighted by atomic mass is 32.2. The molecule has 2 aromatic carbocycles. The molecule has 0 fully saturated rings. The third-order valence-corrected chi connectivity index (χ3v) is 4.34. The summed E-state index contributed by atoms with van der Waals surface area (Å²) in [5.41, 5.74) is 0.144. The Morgan fingerprint density at radius 2 is 1.58 bits per heavy atom. The number of halogens is 4. The molecule has 1 amide bonds. The van der Waals surface area contributed by atoms with Crippen molar-refractivity contribution >= 4 is 21.6 Å². The van der Waals surface area contributed by atoms with Gasteiger partial charge in [0.2, 0.25) is 15.9 Å². The molecule has 0 aliphatic rings. The molecule has 6 nitrogen and oxygen atoms in total. The predicted molar refractivity (Wildman–Crippen MR) is 83.3 cm³/mol. The number of hydrogen-bond acceptors (Lipinski definition) is 4. The Balaban J connectivity index is 1.91. The lowest BCUT2D eigenvalue weighted by atomic mass is 10.3. The molecule has 0 bridgehead atoms. The van der Waals surface area contributed by atoms with E-state index in [1.807, 2.05) is 4.72 Å². The van der Waals surface area contributed by atoms with E-state index in [2.05, 4.69) is 10.1 Å². The van der Waals surface area contributed by atoms with Crippen molar-refractivity contribution in [3.8, 4) is 5.75 Å². The zero-order valence-corrected chi connectivity index (χ0v) is 13.7. The number of carbonyl (C=O) groups is 1. The Hall–Kier alpha value is -2.66. The molecule has 0 saturated heterocycles. The minimum atomic E-state index is -4.83. The lowest BCUT2D eigenvalue weighted by molar-refractivity contribution is -0.274. The van der Waals surface area contributed by atoms with Crippen LogP contribution in [-0.4, -0.2) is 27.2 Å². The number of anilines is 1. The minimum absolute atomic E-state index is 0.144. The fraction of sp³-hybridized carbons (Fsp3) is 0.133. The molecule has 2 rings (SSSR count). The zero-order chi connectivity index (χ0) is 19.4. The summed E-state index contributed by atoms with van der Waals surface area (Å²) >= 11 is 0. The smallest absolute Gasteiger partial charge is 0.406 e. The van der Waals surface area contributed by atoms with E-state index < -0.39 is 40.4 Å². The number of ether oxygens (including phenoxy) is 1. The first-order valence-electron chi connectivity index (χ1n) is 6.96. The Morgan fingerprint density at radius 3 is 2.12 bits per heavy atom. The van der Waals surface area contributed by atoms with Gasteiger partial charge in [0, 0.05) is 5.69 Å². The molecule has 0 aromatic heterocycles. The second kappa shape index (κ2) is 7.70. The largest absolute Gasteiger partial charge is 0.573 e. The minimum Gasteiger partial charge on any atom is -0.406 e. The van der Waals surface area contributed by atoms with Gasteiger partial charge in [-0.2, -0.15) is 0 Å². The number of sulfonamides is 1. The van der Waals surface area contributed by atoms with Crippen LogP contribution in [0.15, 0.2) is 53.4 Å². The van der Waals surface area contributed by atoms with Crippen molar-refractivity contribution in [1.29, 1.82) is 0 Å². The number of amides is 1. The summed E-state index contributed by atoms with van der Waals surface area (Å²) in [4.78, 5) is 11.5. The van der Waals surface area contributed by atoms with Crippen molar-refractivity contribution in [1.82, 2.24) is 4.72 Å². The number of alkyl halides is 3. The Morgan fingerprint density at radius 1 is 1.00 bits per heavy atom. The van der Waals surface area contributed by atoms with E-state index in [-0.39, 0.29) is 10.6 Å². The zero-order valence-electron chi connectivity index (χ0n) is 12.9. The summed E-state index contributed by atoms with van der Waals surface area (Å²) in [6.07, 6.45) is -4.83. The maximum atomic E-state index is 12.8. The van der Waals surface area contributed by atoms with E-state index in [1.54, 1.807) is 0 Å². The van der Waals surface area contributed by atoms with Crippen molar-refractivity contribution in [2.75, 3.05) is 11.9 Å². The van der Waals surface area contributed by atoms with Gasteiger partial charge in [-0.1, -0.05) is 0 Å². The second-order valence-corrected chi connectivity index (χ2v) is 6.67. The SMILES string of the molecule is O=C(CNS(=O)(=O)c1ccc(F)cc1)Nc1ccc(OC(F)(F)F)cc1. The summed E-state index contributed by atoms with van der Waals surface area (Å²) in [6, 6.07) is 8.29. The first-order chi connectivity index (χ1) is 12.0. The van der Waals surface area contributed by atoms with E-state index in [1.165, 1.54) is 0 Å². The van der Waals surface area contributed by atoms with E-state index in [0.29, 0.717) is 0 Å². The molecule has 11 heteroatoms. The topological polar surface area (TPSA) is 84.5 Å². The summed E-state index contributed by atoms with van der Waals surface area (Å²) in [7, 11) is -4.01. The molecule has 0 aliphatic heterocycles. The maximum absolute atomic E-state index is 12.8. The molecule has 0 heterocycles. The molecule has 0 spiro atoms. The normalized spacial score (nSPS) is 11.8. The van der Waals surface area contributed by atoms with Crippen LogP contribution in [0.2, 0.25) is 0 Å². The van der Waals surface area contributed by atoms with Gasteiger partial charge in [-0.15, -0.1) is 13.2 Å². The molecule has 0 radical (unpaired) electrons. The monoisotopic (exact) mass is 392 g/mol. The van der Waals surface area contributed by atoms with E-state index in [9.17, 15) is 30.8 Å². The van der Waals surface area contributed by atoms with Gasteiger partial charge in [0.25, 0.3) is 0 Å². The lowest BCUT2D eigenvalue weighted by Gasteiger charge is -2.10. The standard InChI is InChI=1S/C15H12F4N2O4S/c16-10-1-7-13(8-2-10)26(23,24)20-9-14(22)21-11-3-5-12(6-4-11)25-15(17,18)19/h1-8,20H,9H2,(H,21,22). The first kappa shape index (κ1) is 19.7. The highest BCUT2D eigenvalue weighted by Gasteiger charge is 2.30. The molecular formula is C15H12F4N2O4S. The van der Waals surface area contributed by atoms with Crippen molar-refractivity contribution in [3.63, 3.8) is 0 Å². The van der Waals surface area contributed by atoms with Crippen LogP contribution in [0.25, 0.3) is 0 Å². The number of benzene rings is 2. The predicted octanol–water partition coefficient (Wildman–Crippen LogP) is 2.64. The molecule has 2 N–H and O–H groups in total. The van der Waals surface area contributed by atoms with E-state index in [0.717, 1.165) is 48.5 Å². The van der Waals surface area contributed by atoms with Crippen molar-refractivity contribution in [2.24, 2.45) is 0 Å². The number of rotatable bonds is 6. The van der Waals surface area contributed by atoms with Crippen LogP contribution in [-0.2, 0) is 14.8 Å². The van der Waals surface area contributed by atoms with Crippen LogP contribution in [0.5, 0.6) is 5.75 Å². The van der Waals surface area contributed by atoms with Gasteiger partial charge in [0.1, 0.15) is 11.6 Å². The average molecular weight is 392 g/mol. The van der Waals surface area contributed by atoms with Gasteiger partial charge in [-0.3, -0.25) is 4.79 Å². The molecule has 0 saturated carbocycles. The molecule has 2 aromatic rings. The third-order valence-electron chi connectivity index (χ3n) is 2.92. The summed E-state index contributed by atoms with van der Waals surface area (Å²) in [5.74, 6) is -1.83. The number of hydrogen-bond donors (Lipinski definition) is 2. The highest BCUT2D eigenvalue weighted by molar-refractivity contribution is 7.89. The van der Waals surface area contributed by atoms with Crippen molar-refractivity contribution in [2.45, 2.75) is 11.3 Å². The number of carbonyl (C=O) groups excluding carboxylic acids is 1. The molecule has 0 aliphatic carbocycles. The van der Waals surface area contributed by atoms with Gasteiger partial charge in [0.15, 0.2) is 0 Å². The quantitative estimate of drug-likeness (QED) is 0.741. The third kappa shape index (κ3) is 6.01. The van der Waals surface area contributed by atoms with Gasteiger partial charge >= 0.3 is 6.36 Å². The summed E-state index contributed by atoms with van der Waals surface area (Å²) < 4.78 is 78.5. The summed E-state index contributed by atoms with van der Waals surface area (Å²) in [6.45, 7) is -0.624. The van der Waals surface area contributed by atoms with Gasteiger partial charge in [0.05, 0.1) is 11.4 Å². The fourth-order valence-electron chi connectivity index (χ4n) is 1.80. The van der Waals surface area contributed by atoms with Crippen LogP contribution in [0.1, 0.15) is 0 Å². The molecule has 0 atom stereocenters. The van der Waals surface area contributed by atoms with Gasteiger partial charge in [-0.05, 0) is 48.5 Å². The van der Waals surface area contributed by atoms with Gasteiger partial charge < -0.3 is 10.1 Å². The van der Waals surface area contributed by atoms with Crippen LogP contribution >= 0.6 is 0 Å². The Labute approximate surface area is 145 Å².